The molecule has 0 aromatic carbocycles. The van der Waals surface area contributed by atoms with Crippen molar-refractivity contribution >= 4 is 11.9 Å². The van der Waals surface area contributed by atoms with Gasteiger partial charge in [-0.25, -0.2) is 4.98 Å². The molecule has 0 aliphatic rings. The molecular formula is C29H53N7. The predicted octanol–water partition coefficient (Wildman–Crippen LogP) is 7.76. The number of hydrogen-bond acceptors (Lipinski definition) is 6. The lowest BCUT2D eigenvalue weighted by Gasteiger charge is -2.07. The summed E-state index contributed by atoms with van der Waals surface area (Å²) >= 11 is 0. The number of unbranched alkanes of at least 4 members (excludes halogenated alkanes) is 17. The van der Waals surface area contributed by atoms with Crippen LogP contribution in [-0.4, -0.2) is 24.5 Å². The second-order valence-electron chi connectivity index (χ2n) is 10.4. The van der Waals surface area contributed by atoms with Crippen LogP contribution in [0.2, 0.25) is 0 Å². The molecule has 2 aromatic heterocycles. The number of hydrogen-bond donors (Lipinski definition) is 2. The molecule has 204 valence electrons. The molecule has 2 heterocycles. The average Bonchev–Trinajstić information content (AvgIpc) is 3.26. The van der Waals surface area contributed by atoms with Crippen LogP contribution in [0.25, 0.3) is 5.95 Å². The first-order chi connectivity index (χ1) is 17.6. The zero-order valence-corrected chi connectivity index (χ0v) is 23.3. The van der Waals surface area contributed by atoms with Crippen LogP contribution in [0.4, 0.5) is 11.9 Å². The van der Waals surface area contributed by atoms with Gasteiger partial charge in [0.05, 0.1) is 5.69 Å². The molecule has 2 aromatic rings. The van der Waals surface area contributed by atoms with E-state index in [4.69, 9.17) is 16.5 Å². The minimum absolute atomic E-state index is 0.147. The maximum absolute atomic E-state index is 5.83. The Morgan fingerprint density at radius 1 is 0.528 bits per heavy atom. The van der Waals surface area contributed by atoms with Gasteiger partial charge in [0.1, 0.15) is 5.82 Å². The second kappa shape index (κ2) is 19.0. The van der Waals surface area contributed by atoms with Crippen LogP contribution in [0, 0.1) is 0 Å². The summed E-state index contributed by atoms with van der Waals surface area (Å²) in [6.07, 6.45) is 29.4. The first-order valence-corrected chi connectivity index (χ1v) is 15.0. The Balaban J connectivity index is 1.66. The number of imidazole rings is 1. The van der Waals surface area contributed by atoms with Gasteiger partial charge in [-0.1, -0.05) is 123 Å². The molecule has 2 rings (SSSR count). The molecule has 36 heavy (non-hydrogen) atoms. The molecule has 0 bridgehead atoms. The van der Waals surface area contributed by atoms with Gasteiger partial charge in [-0.05, 0) is 19.3 Å². The van der Waals surface area contributed by atoms with Crippen molar-refractivity contribution in [2.75, 3.05) is 11.5 Å². The number of rotatable bonds is 22. The molecule has 4 N–H and O–H groups in total. The minimum Gasteiger partial charge on any atom is -0.368 e. The van der Waals surface area contributed by atoms with E-state index in [-0.39, 0.29) is 11.9 Å². The van der Waals surface area contributed by atoms with Crippen LogP contribution in [0.5, 0.6) is 0 Å². The lowest BCUT2D eigenvalue weighted by atomic mass is 10.0. The molecule has 0 atom stereocenters. The highest BCUT2D eigenvalue weighted by Gasteiger charge is 2.13. The quantitative estimate of drug-likeness (QED) is 0.160. The summed E-state index contributed by atoms with van der Waals surface area (Å²) in [5.74, 6) is 1.77. The van der Waals surface area contributed by atoms with Crippen LogP contribution in [0.3, 0.4) is 0 Å². The molecule has 0 saturated heterocycles. The van der Waals surface area contributed by atoms with Gasteiger partial charge < -0.3 is 11.5 Å². The summed E-state index contributed by atoms with van der Waals surface area (Å²) in [5.41, 5.74) is 12.8. The van der Waals surface area contributed by atoms with Crippen LogP contribution in [0.15, 0.2) is 6.20 Å². The van der Waals surface area contributed by atoms with Gasteiger partial charge in [-0.2, -0.15) is 15.0 Å². The molecule has 0 aliphatic heterocycles. The van der Waals surface area contributed by atoms with Crippen LogP contribution >= 0.6 is 0 Å². The van der Waals surface area contributed by atoms with Gasteiger partial charge in [0.15, 0.2) is 0 Å². The summed E-state index contributed by atoms with van der Waals surface area (Å²) < 4.78 is 1.97. The Labute approximate surface area is 220 Å². The van der Waals surface area contributed by atoms with Crippen molar-refractivity contribution in [3.63, 3.8) is 0 Å². The molecule has 0 saturated carbocycles. The number of aryl methyl sites for hydroxylation is 2. The van der Waals surface area contributed by atoms with E-state index in [9.17, 15) is 0 Å². The predicted molar refractivity (Wildman–Crippen MR) is 152 cm³/mol. The van der Waals surface area contributed by atoms with Crippen molar-refractivity contribution in [1.29, 1.82) is 0 Å². The van der Waals surface area contributed by atoms with Gasteiger partial charge in [0, 0.05) is 12.6 Å². The zero-order chi connectivity index (χ0) is 25.8. The van der Waals surface area contributed by atoms with Crippen molar-refractivity contribution in [2.24, 2.45) is 0 Å². The van der Waals surface area contributed by atoms with Crippen molar-refractivity contribution in [3.8, 4) is 5.95 Å². The molecule has 0 spiro atoms. The van der Waals surface area contributed by atoms with Gasteiger partial charge in [0.2, 0.25) is 17.8 Å². The van der Waals surface area contributed by atoms with Gasteiger partial charge in [-0.15, -0.1) is 0 Å². The molecular weight excluding hydrogens is 446 g/mol. The van der Waals surface area contributed by atoms with E-state index >= 15 is 0 Å². The fourth-order valence-corrected chi connectivity index (χ4v) is 4.83. The Bertz CT molecular complexity index is 798. The zero-order valence-electron chi connectivity index (χ0n) is 23.3. The van der Waals surface area contributed by atoms with E-state index < -0.39 is 0 Å². The molecule has 0 unspecified atom stereocenters. The SMILES string of the molecule is CCCCCCCCCCCCCCCCCc1nc(CCCCCC)cn1-c1nc(N)nc(N)n1. The first-order valence-electron chi connectivity index (χ1n) is 15.0. The van der Waals surface area contributed by atoms with Crippen LogP contribution in [0.1, 0.15) is 147 Å². The fraction of sp³-hybridized carbons (Fsp3) is 0.793. The molecule has 7 heteroatoms. The van der Waals surface area contributed by atoms with Gasteiger partial charge in [0.25, 0.3) is 0 Å². The van der Waals surface area contributed by atoms with E-state index in [2.05, 4.69) is 35.0 Å². The molecule has 0 amide bonds. The number of nitrogens with zero attached hydrogens (tertiary/aromatic N) is 5. The van der Waals surface area contributed by atoms with Gasteiger partial charge >= 0.3 is 0 Å². The first kappa shape index (κ1) is 30.0. The Morgan fingerprint density at radius 3 is 1.44 bits per heavy atom. The number of nitrogen functional groups attached to an aromatic ring is 2. The summed E-state index contributed by atoms with van der Waals surface area (Å²) in [7, 11) is 0. The maximum Gasteiger partial charge on any atom is 0.241 e. The van der Waals surface area contributed by atoms with Crippen LogP contribution < -0.4 is 11.5 Å². The van der Waals surface area contributed by atoms with E-state index in [1.54, 1.807) is 0 Å². The number of anilines is 2. The topological polar surface area (TPSA) is 109 Å². The van der Waals surface area contributed by atoms with Crippen molar-refractivity contribution < 1.29 is 0 Å². The second-order valence-corrected chi connectivity index (χ2v) is 10.4. The molecule has 0 fully saturated rings. The number of nitrogens with two attached hydrogens (primary N) is 2. The Kier molecular flexibility index (Phi) is 15.9. The van der Waals surface area contributed by atoms with E-state index in [0.717, 1.165) is 37.2 Å². The Hall–Kier alpha value is -2.18. The normalized spacial score (nSPS) is 11.4. The van der Waals surface area contributed by atoms with E-state index in [1.165, 1.54) is 109 Å². The monoisotopic (exact) mass is 499 g/mol. The lowest BCUT2D eigenvalue weighted by molar-refractivity contribution is 0.531. The van der Waals surface area contributed by atoms with E-state index in [0.29, 0.717) is 5.95 Å². The highest BCUT2D eigenvalue weighted by Crippen LogP contribution is 2.17. The van der Waals surface area contributed by atoms with E-state index in [1.807, 2.05) is 4.57 Å². The summed E-state index contributed by atoms with van der Waals surface area (Å²) in [5, 5.41) is 0. The third-order valence-electron chi connectivity index (χ3n) is 6.99. The van der Waals surface area contributed by atoms with Gasteiger partial charge in [-0.3, -0.25) is 4.57 Å². The Morgan fingerprint density at radius 2 is 0.944 bits per heavy atom. The highest BCUT2D eigenvalue weighted by atomic mass is 15.3. The van der Waals surface area contributed by atoms with Crippen molar-refractivity contribution in [3.05, 3.63) is 17.7 Å². The molecule has 0 aliphatic carbocycles. The maximum atomic E-state index is 5.83. The van der Waals surface area contributed by atoms with Crippen molar-refractivity contribution in [1.82, 2.24) is 24.5 Å². The summed E-state index contributed by atoms with van der Waals surface area (Å²) in [6.45, 7) is 4.52. The van der Waals surface area contributed by atoms with Crippen molar-refractivity contribution in [2.45, 2.75) is 149 Å². The summed E-state index contributed by atoms with van der Waals surface area (Å²) in [6, 6.07) is 0. The lowest BCUT2D eigenvalue weighted by Crippen LogP contribution is -2.10. The highest BCUT2D eigenvalue weighted by molar-refractivity contribution is 5.32. The standard InChI is InChI=1S/C29H53N7/c1-3-5-7-9-10-11-12-13-14-15-16-17-18-19-21-23-26-32-25(22-20-8-6-4-2)24-36(26)29-34-27(30)33-28(31)35-29/h24H,3-23H2,1-2H3,(H4,30,31,33,34,35). The third-order valence-corrected chi connectivity index (χ3v) is 6.99. The minimum atomic E-state index is 0.147. The number of aromatic nitrogens is 5. The van der Waals surface area contributed by atoms with Crippen LogP contribution in [-0.2, 0) is 12.8 Å². The smallest absolute Gasteiger partial charge is 0.241 e. The summed E-state index contributed by atoms with van der Waals surface area (Å²) in [4.78, 5) is 17.5. The fourth-order valence-electron chi connectivity index (χ4n) is 4.83. The molecule has 0 radical (unpaired) electrons. The molecule has 7 nitrogen and oxygen atoms in total. The third kappa shape index (κ3) is 12.7. The average molecular weight is 500 g/mol. The largest absolute Gasteiger partial charge is 0.368 e.